The number of ether oxygens (including phenoxy) is 1. The van der Waals surface area contributed by atoms with E-state index < -0.39 is 0 Å². The topological polar surface area (TPSA) is 52.0 Å². The number of nitrogens with zero attached hydrogens (tertiary/aromatic N) is 3. The van der Waals surface area contributed by atoms with Gasteiger partial charge in [-0.3, -0.25) is 0 Å². The number of para-hydroxylation sites is 1. The van der Waals surface area contributed by atoms with Gasteiger partial charge in [-0.05, 0) is 47.5 Å². The first-order chi connectivity index (χ1) is 15.2. The smallest absolute Gasteiger partial charge is 0.226 e. The molecule has 0 fully saturated rings. The molecule has 0 amide bonds. The van der Waals surface area contributed by atoms with E-state index in [-0.39, 0.29) is 12.1 Å². The Bertz CT molecular complexity index is 1310. The van der Waals surface area contributed by atoms with E-state index in [1.165, 1.54) is 0 Å². The molecule has 0 bridgehead atoms. The highest BCUT2D eigenvalue weighted by Gasteiger charge is 2.40. The Morgan fingerprint density at radius 1 is 0.839 bits per heavy atom. The van der Waals surface area contributed by atoms with Crippen LogP contribution in [-0.4, -0.2) is 14.8 Å². The molecule has 0 saturated carbocycles. The molecule has 5 nitrogen and oxygen atoms in total. The molecule has 7 heteroatoms. The zero-order valence-electron chi connectivity index (χ0n) is 16.2. The van der Waals surface area contributed by atoms with Gasteiger partial charge in [-0.25, -0.2) is 4.68 Å². The van der Waals surface area contributed by atoms with Crippen LogP contribution in [0.3, 0.4) is 0 Å². The zero-order chi connectivity index (χ0) is 20.9. The lowest BCUT2D eigenvalue weighted by Gasteiger charge is -2.39. The molecule has 1 aromatic heterocycles. The van der Waals surface area contributed by atoms with Gasteiger partial charge in [-0.2, -0.15) is 10.1 Å². The van der Waals surface area contributed by atoms with Crippen LogP contribution in [0.15, 0.2) is 84.7 Å². The minimum Gasteiger partial charge on any atom is -0.480 e. The Morgan fingerprint density at radius 2 is 1.52 bits per heavy atom. The van der Waals surface area contributed by atoms with Crippen LogP contribution >= 0.6 is 23.2 Å². The first-order valence-corrected chi connectivity index (χ1v) is 10.6. The van der Waals surface area contributed by atoms with Gasteiger partial charge in [0, 0.05) is 21.2 Å². The molecule has 0 aliphatic carbocycles. The van der Waals surface area contributed by atoms with E-state index in [4.69, 9.17) is 27.9 Å². The highest BCUT2D eigenvalue weighted by atomic mass is 35.5. The lowest BCUT2D eigenvalue weighted by Crippen LogP contribution is -2.32. The number of hydrogen-bond acceptors (Lipinski definition) is 4. The summed E-state index contributed by atoms with van der Waals surface area (Å²) in [4.78, 5) is 4.45. The largest absolute Gasteiger partial charge is 0.480 e. The third-order valence-corrected chi connectivity index (χ3v) is 6.18. The summed E-state index contributed by atoms with van der Waals surface area (Å²) in [6.07, 6.45) is 1.24. The number of aromatic nitrogens is 3. The molecule has 2 aliphatic rings. The summed E-state index contributed by atoms with van der Waals surface area (Å²) in [5, 5.41) is 9.39. The number of halogens is 2. The summed E-state index contributed by atoms with van der Waals surface area (Å²) < 4.78 is 8.46. The second-order valence-electron chi connectivity index (χ2n) is 7.48. The summed E-state index contributed by atoms with van der Waals surface area (Å²) in [6.45, 7) is 0. The molecule has 6 rings (SSSR count). The van der Waals surface area contributed by atoms with Crippen molar-refractivity contribution >= 4 is 34.8 Å². The normalized spacial score (nSPS) is 19.0. The zero-order valence-corrected chi connectivity index (χ0v) is 17.7. The van der Waals surface area contributed by atoms with E-state index in [1.54, 1.807) is 6.33 Å². The third kappa shape index (κ3) is 3.00. The third-order valence-electron chi connectivity index (χ3n) is 5.68. The van der Waals surface area contributed by atoms with Crippen LogP contribution in [0.2, 0.25) is 10.0 Å². The van der Waals surface area contributed by atoms with Gasteiger partial charge in [0.15, 0.2) is 0 Å². The Morgan fingerprint density at radius 3 is 2.26 bits per heavy atom. The highest BCUT2D eigenvalue weighted by molar-refractivity contribution is 6.30. The summed E-state index contributed by atoms with van der Waals surface area (Å²) in [6, 6.07) is 23.4. The molecule has 0 spiro atoms. The highest BCUT2D eigenvalue weighted by Crippen LogP contribution is 2.50. The van der Waals surface area contributed by atoms with Crippen molar-refractivity contribution in [3.05, 3.63) is 111 Å². The minimum atomic E-state index is -0.326. The fraction of sp³-hybridized carbons (Fsp3) is 0.0833. The molecule has 152 valence electrons. The molecule has 2 aliphatic heterocycles. The summed E-state index contributed by atoms with van der Waals surface area (Å²) in [7, 11) is 0. The Kier molecular flexibility index (Phi) is 4.26. The van der Waals surface area contributed by atoms with Crippen LogP contribution in [-0.2, 0) is 0 Å². The summed E-state index contributed by atoms with van der Waals surface area (Å²) in [5.74, 6) is 1.50. The van der Waals surface area contributed by atoms with Gasteiger partial charge in [0.25, 0.3) is 0 Å². The van der Waals surface area contributed by atoms with Crippen molar-refractivity contribution in [1.29, 1.82) is 0 Å². The van der Waals surface area contributed by atoms with Gasteiger partial charge in [0.1, 0.15) is 24.2 Å². The van der Waals surface area contributed by atoms with Gasteiger partial charge in [0.2, 0.25) is 5.95 Å². The predicted octanol–water partition coefficient (Wildman–Crippen LogP) is 6.14. The number of nitrogens with one attached hydrogen (secondary N) is 1. The molecule has 31 heavy (non-hydrogen) atoms. The SMILES string of the molecule is Clc1ccc(C2Oc3ccccc3C3=C2C(c2ccc(Cl)cc2)n2ncnc2N3)cc1. The number of rotatable bonds is 2. The lowest BCUT2D eigenvalue weighted by atomic mass is 9.84. The van der Waals surface area contributed by atoms with Crippen LogP contribution < -0.4 is 10.1 Å². The first kappa shape index (κ1) is 18.5. The number of benzene rings is 3. The average molecular weight is 447 g/mol. The molecule has 1 N–H and O–H groups in total. The average Bonchev–Trinajstić information content (AvgIpc) is 3.27. The minimum absolute atomic E-state index is 0.208. The van der Waals surface area contributed by atoms with E-state index in [0.29, 0.717) is 16.0 Å². The second kappa shape index (κ2) is 7.15. The van der Waals surface area contributed by atoms with Crippen molar-refractivity contribution in [2.45, 2.75) is 12.1 Å². The molecule has 2 unspecified atom stereocenters. The van der Waals surface area contributed by atoms with Crippen LogP contribution in [0.1, 0.15) is 28.8 Å². The van der Waals surface area contributed by atoms with Crippen molar-refractivity contribution < 1.29 is 4.74 Å². The van der Waals surface area contributed by atoms with Crippen molar-refractivity contribution in [3.8, 4) is 5.75 Å². The van der Waals surface area contributed by atoms with Crippen molar-refractivity contribution in [3.63, 3.8) is 0 Å². The van der Waals surface area contributed by atoms with Crippen molar-refractivity contribution in [1.82, 2.24) is 14.8 Å². The Labute approximate surface area is 188 Å². The van der Waals surface area contributed by atoms with E-state index in [0.717, 1.165) is 33.7 Å². The second-order valence-corrected chi connectivity index (χ2v) is 8.36. The van der Waals surface area contributed by atoms with Gasteiger partial charge in [-0.15, -0.1) is 0 Å². The van der Waals surface area contributed by atoms with Gasteiger partial charge >= 0.3 is 0 Å². The van der Waals surface area contributed by atoms with E-state index in [9.17, 15) is 0 Å². The van der Waals surface area contributed by atoms with Gasteiger partial charge in [-0.1, -0.05) is 59.6 Å². The van der Waals surface area contributed by atoms with Crippen LogP contribution in [0.4, 0.5) is 5.95 Å². The number of fused-ring (bicyclic) bond motifs is 3. The lowest BCUT2D eigenvalue weighted by molar-refractivity contribution is 0.223. The van der Waals surface area contributed by atoms with Crippen LogP contribution in [0.5, 0.6) is 5.75 Å². The van der Waals surface area contributed by atoms with E-state index >= 15 is 0 Å². The molecule has 0 saturated heterocycles. The monoisotopic (exact) mass is 446 g/mol. The van der Waals surface area contributed by atoms with Crippen molar-refractivity contribution in [2.75, 3.05) is 5.32 Å². The predicted molar refractivity (Wildman–Crippen MR) is 121 cm³/mol. The van der Waals surface area contributed by atoms with Crippen molar-refractivity contribution in [2.24, 2.45) is 0 Å². The van der Waals surface area contributed by atoms with E-state index in [1.807, 2.05) is 71.4 Å². The molecular weight excluding hydrogens is 431 g/mol. The van der Waals surface area contributed by atoms with Gasteiger partial charge < -0.3 is 10.1 Å². The summed E-state index contributed by atoms with van der Waals surface area (Å²) >= 11 is 12.3. The Hall–Kier alpha value is -3.28. The maximum atomic E-state index is 6.57. The molecule has 3 aromatic carbocycles. The van der Waals surface area contributed by atoms with E-state index in [2.05, 4.69) is 21.5 Å². The molecular formula is C24H16Cl2N4O. The Balaban J connectivity index is 1.62. The van der Waals surface area contributed by atoms with Gasteiger partial charge in [0.05, 0.1) is 5.70 Å². The molecule has 4 aromatic rings. The molecule has 3 heterocycles. The maximum Gasteiger partial charge on any atom is 0.226 e. The fourth-order valence-corrected chi connectivity index (χ4v) is 4.55. The molecule has 0 radical (unpaired) electrons. The fourth-order valence-electron chi connectivity index (χ4n) is 4.30. The van der Waals surface area contributed by atoms with Crippen LogP contribution in [0.25, 0.3) is 5.70 Å². The molecule has 2 atom stereocenters. The first-order valence-electron chi connectivity index (χ1n) is 9.86. The summed E-state index contributed by atoms with van der Waals surface area (Å²) in [5.41, 5.74) is 5.10. The maximum absolute atomic E-state index is 6.57. The number of hydrogen-bond donors (Lipinski definition) is 1. The van der Waals surface area contributed by atoms with Crippen LogP contribution in [0, 0.1) is 0 Å². The quantitative estimate of drug-likeness (QED) is 0.401. The number of anilines is 1. The standard InChI is InChI=1S/C24H16Cl2N4O/c25-16-9-5-14(6-10-16)22-20-21(29-24-27-13-28-30(22)24)18-3-1-2-4-19(18)31-23(20)15-7-11-17(26)12-8-15/h1-13,22-23H,(H,27,28,29).